The first-order valence-corrected chi connectivity index (χ1v) is 7.02. The summed E-state index contributed by atoms with van der Waals surface area (Å²) in [6, 6.07) is -0.732. The van der Waals surface area contributed by atoms with Crippen LogP contribution in [0.4, 0.5) is 0 Å². The molecule has 0 aromatic carbocycles. The van der Waals surface area contributed by atoms with Crippen molar-refractivity contribution in [2.75, 3.05) is 19.7 Å². The number of rotatable bonds is 8. The van der Waals surface area contributed by atoms with E-state index in [0.29, 0.717) is 12.8 Å². The number of amides is 1. The van der Waals surface area contributed by atoms with Gasteiger partial charge in [0.1, 0.15) is 6.04 Å². The number of carbonyl (C=O) groups is 2. The first-order chi connectivity index (χ1) is 9.17. The van der Waals surface area contributed by atoms with Crippen LogP contribution in [0.3, 0.4) is 0 Å². The zero-order chi connectivity index (χ0) is 14.1. The van der Waals surface area contributed by atoms with Crippen molar-refractivity contribution in [2.24, 2.45) is 4.58 Å². The fourth-order valence-electron chi connectivity index (χ4n) is 2.20. The molecule has 1 atom stereocenters. The van der Waals surface area contributed by atoms with Crippen molar-refractivity contribution in [1.82, 2.24) is 10.6 Å². The maximum Gasteiger partial charge on any atom is 0.328 e. The highest BCUT2D eigenvalue weighted by Gasteiger charge is 2.38. The molecule has 1 unspecified atom stereocenters. The molecule has 0 spiro atoms. The molecular formula is C11H20ClN3O4S. The van der Waals surface area contributed by atoms with E-state index in [0.717, 1.165) is 37.9 Å². The van der Waals surface area contributed by atoms with Crippen molar-refractivity contribution in [1.29, 1.82) is 0 Å². The zero-order valence-electron chi connectivity index (χ0n) is 11.3. The number of nitroso groups, excluding NO2 is 1. The van der Waals surface area contributed by atoms with Gasteiger partial charge in [0.15, 0.2) is 0 Å². The van der Waals surface area contributed by atoms with Gasteiger partial charge in [-0.05, 0) is 39.3 Å². The lowest BCUT2D eigenvalue weighted by Gasteiger charge is -2.36. The Labute approximate surface area is 128 Å². The van der Waals surface area contributed by atoms with E-state index in [1.54, 1.807) is 6.92 Å². The Hall–Kier alpha value is -0.860. The van der Waals surface area contributed by atoms with E-state index in [-0.39, 0.29) is 19.0 Å². The number of esters is 1. The lowest BCUT2D eigenvalue weighted by Crippen LogP contribution is -2.47. The van der Waals surface area contributed by atoms with Crippen molar-refractivity contribution in [3.63, 3.8) is 0 Å². The molecule has 1 aliphatic heterocycles. The molecule has 0 radical (unpaired) electrons. The molecule has 9 heteroatoms. The van der Waals surface area contributed by atoms with E-state index < -0.39 is 16.8 Å². The van der Waals surface area contributed by atoms with Crippen LogP contribution in [0.1, 0.15) is 26.2 Å². The minimum atomic E-state index is -0.732. The molecule has 0 aliphatic carbocycles. The summed E-state index contributed by atoms with van der Waals surface area (Å²) in [5.74, 6) is -0.473. The molecule has 20 heavy (non-hydrogen) atoms. The summed E-state index contributed by atoms with van der Waals surface area (Å²) in [6.45, 7) is 3.49. The monoisotopic (exact) mass is 325 g/mol. The van der Waals surface area contributed by atoms with Gasteiger partial charge < -0.3 is 15.4 Å². The van der Waals surface area contributed by atoms with Gasteiger partial charge in [0.25, 0.3) is 0 Å². The Morgan fingerprint density at radius 3 is 2.70 bits per heavy atom. The van der Waals surface area contributed by atoms with Crippen LogP contribution in [0.25, 0.3) is 0 Å². The molecular weight excluding hydrogens is 306 g/mol. The number of hydrogen-bond acceptors (Lipinski definition) is 7. The van der Waals surface area contributed by atoms with Gasteiger partial charge >= 0.3 is 5.97 Å². The van der Waals surface area contributed by atoms with Crippen molar-refractivity contribution >= 4 is 36.7 Å². The van der Waals surface area contributed by atoms with E-state index in [2.05, 4.69) is 15.2 Å². The topological polar surface area (TPSA) is 96.9 Å². The minimum Gasteiger partial charge on any atom is -0.464 e. The number of nitrogens with one attached hydrogen (secondary N) is 2. The lowest BCUT2D eigenvalue weighted by atomic mass is 9.90. The third kappa shape index (κ3) is 5.64. The van der Waals surface area contributed by atoms with Crippen LogP contribution < -0.4 is 10.6 Å². The minimum absolute atomic E-state index is 0. The van der Waals surface area contributed by atoms with Crippen LogP contribution in [0.15, 0.2) is 4.58 Å². The zero-order valence-corrected chi connectivity index (χ0v) is 12.9. The van der Waals surface area contributed by atoms with Gasteiger partial charge in [-0.2, -0.15) is 0 Å². The number of ether oxygens (including phenoxy) is 1. The Morgan fingerprint density at radius 1 is 1.55 bits per heavy atom. The van der Waals surface area contributed by atoms with Crippen molar-refractivity contribution in [3.8, 4) is 0 Å². The predicted octanol–water partition coefficient (Wildman–Crippen LogP) is 1.01. The van der Waals surface area contributed by atoms with Crippen LogP contribution >= 0.6 is 24.4 Å². The molecule has 7 nitrogen and oxygen atoms in total. The summed E-state index contributed by atoms with van der Waals surface area (Å²) in [7, 11) is 0. The van der Waals surface area contributed by atoms with E-state index >= 15 is 0 Å². The van der Waals surface area contributed by atoms with E-state index in [9.17, 15) is 14.5 Å². The average Bonchev–Trinajstić information content (AvgIpc) is 2.40. The van der Waals surface area contributed by atoms with Gasteiger partial charge in [0.2, 0.25) is 6.41 Å². The van der Waals surface area contributed by atoms with Crippen LogP contribution in [0, 0.1) is 4.91 Å². The largest absolute Gasteiger partial charge is 0.464 e. The van der Waals surface area contributed by atoms with Gasteiger partial charge in [0.05, 0.1) is 6.61 Å². The second-order valence-corrected chi connectivity index (χ2v) is 5.59. The third-order valence-corrected chi connectivity index (χ3v) is 4.20. The van der Waals surface area contributed by atoms with Gasteiger partial charge in [-0.15, -0.1) is 17.3 Å². The number of carbonyl (C=O) groups excluding carboxylic acids is 2. The van der Waals surface area contributed by atoms with Crippen molar-refractivity contribution < 1.29 is 14.3 Å². The molecule has 1 fully saturated rings. The summed E-state index contributed by atoms with van der Waals surface area (Å²) in [5, 5.41) is 5.66. The molecule has 0 aromatic rings. The molecule has 0 saturated carbocycles. The Bertz CT molecular complexity index is 327. The third-order valence-electron chi connectivity index (χ3n) is 3.16. The highest BCUT2D eigenvalue weighted by Crippen LogP contribution is 2.39. The Morgan fingerprint density at radius 2 is 2.20 bits per heavy atom. The number of hydrogen-bond donors (Lipinski definition) is 2. The van der Waals surface area contributed by atoms with Crippen LogP contribution in [0.5, 0.6) is 0 Å². The molecule has 116 valence electrons. The van der Waals surface area contributed by atoms with Crippen LogP contribution in [0.2, 0.25) is 0 Å². The molecule has 0 aromatic heterocycles. The number of halogens is 1. The van der Waals surface area contributed by atoms with Crippen molar-refractivity contribution in [2.45, 2.75) is 37.0 Å². The first kappa shape index (κ1) is 19.1. The van der Waals surface area contributed by atoms with Crippen LogP contribution in [-0.2, 0) is 14.3 Å². The van der Waals surface area contributed by atoms with Crippen molar-refractivity contribution in [3.05, 3.63) is 4.91 Å². The summed E-state index contributed by atoms with van der Waals surface area (Å²) in [5.41, 5.74) is 0. The van der Waals surface area contributed by atoms with E-state index in [4.69, 9.17) is 4.74 Å². The molecule has 1 saturated heterocycles. The predicted molar refractivity (Wildman–Crippen MR) is 79.7 cm³/mol. The molecule has 0 bridgehead atoms. The second kappa shape index (κ2) is 9.95. The van der Waals surface area contributed by atoms with Gasteiger partial charge in [-0.1, -0.05) is 0 Å². The fourth-order valence-corrected chi connectivity index (χ4v) is 2.99. The van der Waals surface area contributed by atoms with E-state index in [1.807, 2.05) is 0 Å². The summed E-state index contributed by atoms with van der Waals surface area (Å²) in [6.07, 6.45) is 2.28. The molecule has 1 rings (SSSR count). The normalized spacial score (nSPS) is 18.2. The maximum absolute atomic E-state index is 11.8. The lowest BCUT2D eigenvalue weighted by molar-refractivity contribution is -0.146. The fraction of sp³-hybridized carbons (Fsp3) is 0.818. The average molecular weight is 326 g/mol. The second-order valence-electron chi connectivity index (χ2n) is 4.39. The summed E-state index contributed by atoms with van der Waals surface area (Å²) < 4.78 is 7.43. The SMILES string of the molecule is CCOC(=O)C(CC1(SN=O)CCNCC1)NC=O.Cl. The number of nitrogens with zero attached hydrogens (tertiary/aromatic N) is 1. The molecule has 1 amide bonds. The highest BCUT2D eigenvalue weighted by molar-refractivity contribution is 7.99. The summed E-state index contributed by atoms with van der Waals surface area (Å²) >= 11 is 0.955. The Kier molecular flexibility index (Phi) is 9.52. The summed E-state index contributed by atoms with van der Waals surface area (Å²) in [4.78, 5) is 33.0. The smallest absolute Gasteiger partial charge is 0.328 e. The molecule has 1 heterocycles. The van der Waals surface area contributed by atoms with Gasteiger partial charge in [0, 0.05) is 21.3 Å². The maximum atomic E-state index is 11.8. The highest BCUT2D eigenvalue weighted by atomic mass is 35.5. The molecule has 1 aliphatic rings. The molecule has 2 N–H and O–H groups in total. The standard InChI is InChI=1S/C11H19N3O4S.ClH/c1-2-18-10(16)9(13-8-15)7-11(19-14-17)3-5-12-6-4-11;/h8-9,12H,2-7H2,1H3,(H,13,15);1H. The number of piperidine rings is 1. The van der Waals surface area contributed by atoms with Crippen LogP contribution in [-0.4, -0.2) is 42.9 Å². The quantitative estimate of drug-likeness (QED) is 0.299. The first-order valence-electron chi connectivity index (χ1n) is 6.25. The Balaban J connectivity index is 0.00000361. The van der Waals surface area contributed by atoms with Gasteiger partial charge in [-0.3, -0.25) is 4.79 Å². The van der Waals surface area contributed by atoms with Gasteiger partial charge in [-0.25, -0.2) is 4.79 Å². The van der Waals surface area contributed by atoms with E-state index in [1.165, 1.54) is 0 Å².